The van der Waals surface area contributed by atoms with E-state index in [9.17, 15) is 8.42 Å². The number of aryl methyl sites for hydroxylation is 3. The Morgan fingerprint density at radius 3 is 2.50 bits per heavy atom. The first kappa shape index (κ1) is 16.2. The predicted molar refractivity (Wildman–Crippen MR) is 91.2 cm³/mol. The Balaban J connectivity index is 1.93. The fourth-order valence-corrected chi connectivity index (χ4v) is 3.72. The summed E-state index contributed by atoms with van der Waals surface area (Å²) in [5.41, 5.74) is 2.80. The maximum atomic E-state index is 12.6. The van der Waals surface area contributed by atoms with E-state index in [0.717, 1.165) is 5.56 Å². The zero-order valence-corrected chi connectivity index (χ0v) is 14.4. The van der Waals surface area contributed by atoms with Crippen LogP contribution < -0.4 is 4.72 Å². The minimum atomic E-state index is -3.67. The van der Waals surface area contributed by atoms with E-state index < -0.39 is 10.0 Å². The number of sulfonamides is 1. The topological polar surface area (TPSA) is 85.1 Å². The lowest BCUT2D eigenvalue weighted by Gasteiger charge is -2.11. The molecule has 0 aliphatic heterocycles. The van der Waals surface area contributed by atoms with Crippen molar-refractivity contribution in [3.05, 3.63) is 59.4 Å². The predicted octanol–water partition coefficient (Wildman–Crippen LogP) is 3.46. The van der Waals surface area contributed by atoms with Crippen LogP contribution in [0.4, 0.5) is 5.69 Å². The normalized spacial score (nSPS) is 11.5. The summed E-state index contributed by atoms with van der Waals surface area (Å²) >= 11 is 0. The lowest BCUT2D eigenvalue weighted by atomic mass is 10.2. The van der Waals surface area contributed by atoms with Crippen LogP contribution in [0.3, 0.4) is 0 Å². The summed E-state index contributed by atoms with van der Waals surface area (Å²) in [6, 6.07) is 12.1. The van der Waals surface area contributed by atoms with Gasteiger partial charge in [0.1, 0.15) is 0 Å². The third kappa shape index (κ3) is 3.30. The minimum Gasteiger partial charge on any atom is -0.334 e. The van der Waals surface area contributed by atoms with Crippen LogP contribution in [0.5, 0.6) is 0 Å². The van der Waals surface area contributed by atoms with Gasteiger partial charge in [0.25, 0.3) is 15.9 Å². The second kappa shape index (κ2) is 6.09. The first-order valence-electron chi connectivity index (χ1n) is 7.36. The van der Waals surface area contributed by atoms with E-state index in [1.807, 2.05) is 13.0 Å². The molecule has 0 saturated heterocycles. The molecule has 0 unspecified atom stereocenters. The molecule has 0 atom stereocenters. The summed E-state index contributed by atoms with van der Waals surface area (Å²) in [5, 5.41) is 3.74. The number of benzene rings is 2. The maximum Gasteiger partial charge on any atom is 0.262 e. The molecular formula is C17H17N3O3S. The van der Waals surface area contributed by atoms with Gasteiger partial charge in [-0.3, -0.25) is 4.72 Å². The summed E-state index contributed by atoms with van der Waals surface area (Å²) in [6.07, 6.45) is 0. The van der Waals surface area contributed by atoms with Crippen molar-refractivity contribution < 1.29 is 12.9 Å². The van der Waals surface area contributed by atoms with Crippen molar-refractivity contribution in [2.24, 2.45) is 0 Å². The van der Waals surface area contributed by atoms with E-state index in [-0.39, 0.29) is 4.90 Å². The molecule has 24 heavy (non-hydrogen) atoms. The van der Waals surface area contributed by atoms with Crippen molar-refractivity contribution in [3.63, 3.8) is 0 Å². The standard InChI is InChI=1S/C17H17N3O3S/c1-11-7-8-16(12(2)9-11)24(21,22)20-15-6-4-5-14(10-15)17-18-13(3)19-23-17/h4-10,20H,1-3H3. The third-order valence-electron chi connectivity index (χ3n) is 3.51. The van der Waals surface area contributed by atoms with Gasteiger partial charge < -0.3 is 4.52 Å². The number of nitrogens with one attached hydrogen (secondary N) is 1. The molecule has 0 amide bonds. The fourth-order valence-electron chi connectivity index (χ4n) is 2.44. The largest absolute Gasteiger partial charge is 0.334 e. The number of rotatable bonds is 4. The molecule has 2 aromatic carbocycles. The third-order valence-corrected chi connectivity index (χ3v) is 5.05. The molecule has 1 heterocycles. The average Bonchev–Trinajstić information content (AvgIpc) is 2.93. The molecule has 3 aromatic rings. The quantitative estimate of drug-likeness (QED) is 0.784. The van der Waals surface area contributed by atoms with Gasteiger partial charge in [-0.25, -0.2) is 8.42 Å². The Kier molecular flexibility index (Phi) is 4.11. The summed E-state index contributed by atoms with van der Waals surface area (Å²) in [5.74, 6) is 0.867. The van der Waals surface area contributed by atoms with Crippen molar-refractivity contribution in [1.82, 2.24) is 10.1 Å². The smallest absolute Gasteiger partial charge is 0.262 e. The molecule has 0 fully saturated rings. The highest BCUT2D eigenvalue weighted by Gasteiger charge is 2.17. The van der Waals surface area contributed by atoms with E-state index >= 15 is 0 Å². The summed E-state index contributed by atoms with van der Waals surface area (Å²) in [4.78, 5) is 4.40. The number of hydrogen-bond acceptors (Lipinski definition) is 5. The van der Waals surface area contributed by atoms with Crippen molar-refractivity contribution >= 4 is 15.7 Å². The SMILES string of the molecule is Cc1ccc(S(=O)(=O)Nc2cccc(-c3nc(C)no3)c2)c(C)c1. The van der Waals surface area contributed by atoms with Crippen LogP contribution in [-0.2, 0) is 10.0 Å². The zero-order chi connectivity index (χ0) is 17.3. The first-order chi connectivity index (χ1) is 11.3. The Hall–Kier alpha value is -2.67. The molecule has 0 aliphatic carbocycles. The molecule has 124 valence electrons. The molecule has 7 heteroatoms. The van der Waals surface area contributed by atoms with Crippen molar-refractivity contribution in [1.29, 1.82) is 0 Å². The van der Waals surface area contributed by atoms with Crippen LogP contribution in [0.2, 0.25) is 0 Å². The summed E-state index contributed by atoms with van der Waals surface area (Å²) < 4.78 is 33.0. The molecule has 0 spiro atoms. The molecule has 0 aliphatic rings. The monoisotopic (exact) mass is 343 g/mol. The maximum absolute atomic E-state index is 12.6. The van der Waals surface area contributed by atoms with Gasteiger partial charge in [-0.05, 0) is 50.6 Å². The van der Waals surface area contributed by atoms with Gasteiger partial charge in [0.05, 0.1) is 4.90 Å². The van der Waals surface area contributed by atoms with Gasteiger partial charge in [-0.2, -0.15) is 4.98 Å². The fraction of sp³-hybridized carbons (Fsp3) is 0.176. The van der Waals surface area contributed by atoms with Crippen molar-refractivity contribution in [3.8, 4) is 11.5 Å². The van der Waals surface area contributed by atoms with Crippen LogP contribution >= 0.6 is 0 Å². The van der Waals surface area contributed by atoms with Gasteiger partial charge in [-0.15, -0.1) is 0 Å². The van der Waals surface area contributed by atoms with Crippen molar-refractivity contribution in [2.75, 3.05) is 4.72 Å². The zero-order valence-electron chi connectivity index (χ0n) is 13.6. The van der Waals surface area contributed by atoms with Gasteiger partial charge in [0, 0.05) is 11.3 Å². The lowest BCUT2D eigenvalue weighted by molar-refractivity contribution is 0.425. The highest BCUT2D eigenvalue weighted by molar-refractivity contribution is 7.92. The second-order valence-electron chi connectivity index (χ2n) is 5.60. The van der Waals surface area contributed by atoms with Crippen molar-refractivity contribution in [2.45, 2.75) is 25.7 Å². The van der Waals surface area contributed by atoms with Crippen LogP contribution in [0.1, 0.15) is 17.0 Å². The van der Waals surface area contributed by atoms with Gasteiger partial charge in [0.2, 0.25) is 0 Å². The molecule has 1 aromatic heterocycles. The van der Waals surface area contributed by atoms with Gasteiger partial charge in [-0.1, -0.05) is 28.9 Å². The first-order valence-corrected chi connectivity index (χ1v) is 8.84. The van der Waals surface area contributed by atoms with Gasteiger partial charge in [0.15, 0.2) is 5.82 Å². The molecule has 0 saturated carbocycles. The van der Waals surface area contributed by atoms with Crippen LogP contribution in [-0.4, -0.2) is 18.6 Å². The number of anilines is 1. The minimum absolute atomic E-state index is 0.257. The van der Waals surface area contributed by atoms with Crippen LogP contribution in [0, 0.1) is 20.8 Å². The Bertz CT molecular complexity index is 994. The lowest BCUT2D eigenvalue weighted by Crippen LogP contribution is -2.14. The Morgan fingerprint density at radius 1 is 1.04 bits per heavy atom. The average molecular weight is 343 g/mol. The van der Waals surface area contributed by atoms with E-state index in [1.165, 1.54) is 0 Å². The van der Waals surface area contributed by atoms with E-state index in [4.69, 9.17) is 4.52 Å². The molecule has 6 nitrogen and oxygen atoms in total. The summed E-state index contributed by atoms with van der Waals surface area (Å²) in [7, 11) is -3.67. The molecular weight excluding hydrogens is 326 g/mol. The molecule has 1 N–H and O–H groups in total. The number of hydrogen-bond donors (Lipinski definition) is 1. The van der Waals surface area contributed by atoms with E-state index in [2.05, 4.69) is 14.9 Å². The molecule has 3 rings (SSSR count). The molecule has 0 bridgehead atoms. The second-order valence-corrected chi connectivity index (χ2v) is 7.25. The number of aromatic nitrogens is 2. The summed E-state index contributed by atoms with van der Waals surface area (Å²) in [6.45, 7) is 5.42. The highest BCUT2D eigenvalue weighted by atomic mass is 32.2. The highest BCUT2D eigenvalue weighted by Crippen LogP contribution is 2.24. The molecule has 0 radical (unpaired) electrons. The van der Waals surface area contributed by atoms with Crippen LogP contribution in [0.25, 0.3) is 11.5 Å². The Labute approximate surface area is 140 Å². The Morgan fingerprint density at radius 2 is 1.83 bits per heavy atom. The van der Waals surface area contributed by atoms with Gasteiger partial charge >= 0.3 is 0 Å². The van der Waals surface area contributed by atoms with Crippen LogP contribution in [0.15, 0.2) is 51.9 Å². The van der Waals surface area contributed by atoms with E-state index in [1.54, 1.807) is 50.2 Å². The number of nitrogens with zero attached hydrogens (tertiary/aromatic N) is 2. The van der Waals surface area contributed by atoms with E-state index in [0.29, 0.717) is 28.5 Å².